The van der Waals surface area contributed by atoms with Crippen molar-refractivity contribution in [1.82, 2.24) is 0 Å². The second kappa shape index (κ2) is 7.02. The van der Waals surface area contributed by atoms with Crippen LogP contribution in [0.15, 0.2) is 16.6 Å². The highest BCUT2D eigenvalue weighted by atomic mass is 79.9. The van der Waals surface area contributed by atoms with Crippen LogP contribution in [0, 0.1) is 0 Å². The van der Waals surface area contributed by atoms with Gasteiger partial charge in [0.1, 0.15) is 5.75 Å². The van der Waals surface area contributed by atoms with Crippen molar-refractivity contribution in [3.05, 3.63) is 27.7 Å². The summed E-state index contributed by atoms with van der Waals surface area (Å²) >= 11 is 3.62. The molecule has 0 aliphatic rings. The highest BCUT2D eigenvalue weighted by molar-refractivity contribution is 9.10. The lowest BCUT2D eigenvalue weighted by Crippen LogP contribution is -2.01. The maximum absolute atomic E-state index is 5.53. The first-order valence-electron chi connectivity index (χ1n) is 6.16. The summed E-state index contributed by atoms with van der Waals surface area (Å²) in [6.07, 6.45) is 3.25. The Kier molecular flexibility index (Phi) is 6.00. The van der Waals surface area contributed by atoms with Gasteiger partial charge in [-0.15, -0.1) is 0 Å². The molecule has 0 unspecified atom stereocenters. The molecule has 1 rings (SSSR count). The van der Waals surface area contributed by atoms with Crippen molar-refractivity contribution >= 4 is 15.9 Å². The van der Waals surface area contributed by atoms with E-state index in [0.29, 0.717) is 5.92 Å². The van der Waals surface area contributed by atoms with Crippen molar-refractivity contribution in [1.29, 1.82) is 0 Å². The smallest absolute Gasteiger partial charge is 0.133 e. The molecule has 0 spiro atoms. The van der Waals surface area contributed by atoms with Gasteiger partial charge in [0, 0.05) is 0 Å². The van der Waals surface area contributed by atoms with E-state index in [1.165, 1.54) is 11.1 Å². The number of ether oxygens (including phenoxy) is 1. The first-order valence-corrected chi connectivity index (χ1v) is 6.95. The van der Waals surface area contributed by atoms with Gasteiger partial charge in [0.25, 0.3) is 0 Å². The highest BCUT2D eigenvalue weighted by Crippen LogP contribution is 2.33. The molecule has 3 heteroatoms. The molecule has 0 saturated carbocycles. The van der Waals surface area contributed by atoms with Gasteiger partial charge in [0.05, 0.1) is 11.6 Å². The number of hydrogen-bond acceptors (Lipinski definition) is 2. The minimum absolute atomic E-state index is 0.519. The zero-order chi connectivity index (χ0) is 12.8. The average molecular weight is 300 g/mol. The van der Waals surface area contributed by atoms with Gasteiger partial charge in [0.15, 0.2) is 0 Å². The molecule has 0 atom stereocenters. The fraction of sp³-hybridized carbons (Fsp3) is 0.571. The lowest BCUT2D eigenvalue weighted by Gasteiger charge is -2.14. The Bertz CT molecular complexity index is 363. The van der Waals surface area contributed by atoms with E-state index in [1.807, 2.05) is 0 Å². The van der Waals surface area contributed by atoms with Gasteiger partial charge in [0.2, 0.25) is 0 Å². The van der Waals surface area contributed by atoms with E-state index < -0.39 is 0 Å². The third-order valence-corrected chi connectivity index (χ3v) is 3.82. The van der Waals surface area contributed by atoms with Crippen molar-refractivity contribution in [3.8, 4) is 5.75 Å². The first-order chi connectivity index (χ1) is 8.10. The Morgan fingerprint density at radius 2 is 2.00 bits per heavy atom. The van der Waals surface area contributed by atoms with Crippen LogP contribution in [0.2, 0.25) is 0 Å². The number of hydrogen-bond donors (Lipinski definition) is 1. The maximum atomic E-state index is 5.53. The molecule has 0 fully saturated rings. The number of unbranched alkanes of at least 4 members (excludes halogenated alkanes) is 1. The van der Waals surface area contributed by atoms with Gasteiger partial charge in [-0.3, -0.25) is 0 Å². The van der Waals surface area contributed by atoms with Gasteiger partial charge in [-0.05, 0) is 64.8 Å². The topological polar surface area (TPSA) is 35.2 Å². The molecule has 0 aliphatic heterocycles. The number of nitrogens with two attached hydrogens (primary N) is 1. The summed E-state index contributed by atoms with van der Waals surface area (Å²) in [6.45, 7) is 5.16. The summed E-state index contributed by atoms with van der Waals surface area (Å²) < 4.78 is 6.50. The normalized spacial score (nSPS) is 10.9. The predicted octanol–water partition coefficient (Wildman–Crippen LogP) is 3.86. The number of benzene rings is 1. The molecular weight excluding hydrogens is 278 g/mol. The SMILES string of the molecule is COc1cc(C(C)C)cc(CCCCN)c1Br. The number of aryl methyl sites for hydroxylation is 1. The van der Waals surface area contributed by atoms with E-state index in [2.05, 4.69) is 41.9 Å². The fourth-order valence-corrected chi connectivity index (χ4v) is 2.39. The largest absolute Gasteiger partial charge is 0.496 e. The summed E-state index contributed by atoms with van der Waals surface area (Å²) in [5.41, 5.74) is 8.18. The van der Waals surface area contributed by atoms with E-state index in [-0.39, 0.29) is 0 Å². The van der Waals surface area contributed by atoms with Crippen LogP contribution in [-0.2, 0) is 6.42 Å². The molecule has 17 heavy (non-hydrogen) atoms. The molecule has 2 N–H and O–H groups in total. The maximum Gasteiger partial charge on any atom is 0.133 e. The molecule has 0 heterocycles. The fourth-order valence-electron chi connectivity index (χ4n) is 1.80. The second-order valence-electron chi connectivity index (χ2n) is 4.60. The monoisotopic (exact) mass is 299 g/mol. The van der Waals surface area contributed by atoms with Crippen LogP contribution < -0.4 is 10.5 Å². The number of halogens is 1. The molecule has 96 valence electrons. The van der Waals surface area contributed by atoms with E-state index >= 15 is 0 Å². The van der Waals surface area contributed by atoms with Crippen LogP contribution in [-0.4, -0.2) is 13.7 Å². The lowest BCUT2D eigenvalue weighted by atomic mass is 9.98. The predicted molar refractivity (Wildman–Crippen MR) is 76.8 cm³/mol. The summed E-state index contributed by atoms with van der Waals surface area (Å²) in [5, 5.41) is 0. The Hall–Kier alpha value is -0.540. The van der Waals surface area contributed by atoms with E-state index in [9.17, 15) is 0 Å². The van der Waals surface area contributed by atoms with E-state index in [4.69, 9.17) is 10.5 Å². The van der Waals surface area contributed by atoms with Crippen molar-refractivity contribution in [2.24, 2.45) is 5.73 Å². The van der Waals surface area contributed by atoms with Gasteiger partial charge >= 0.3 is 0 Å². The van der Waals surface area contributed by atoms with Gasteiger partial charge in [-0.2, -0.15) is 0 Å². The Labute approximate surface area is 113 Å². The molecule has 1 aromatic carbocycles. The van der Waals surface area contributed by atoms with Crippen molar-refractivity contribution in [2.45, 2.75) is 39.0 Å². The van der Waals surface area contributed by atoms with Gasteiger partial charge in [-0.1, -0.05) is 19.9 Å². The Balaban J connectivity index is 2.96. The van der Waals surface area contributed by atoms with Crippen molar-refractivity contribution < 1.29 is 4.74 Å². The molecule has 0 radical (unpaired) electrons. The van der Waals surface area contributed by atoms with Crippen LogP contribution >= 0.6 is 15.9 Å². The number of rotatable bonds is 6. The molecule has 0 saturated heterocycles. The Morgan fingerprint density at radius 3 is 2.53 bits per heavy atom. The zero-order valence-electron chi connectivity index (χ0n) is 10.9. The van der Waals surface area contributed by atoms with E-state index in [0.717, 1.165) is 36.0 Å². The zero-order valence-corrected chi connectivity index (χ0v) is 12.5. The van der Waals surface area contributed by atoms with Gasteiger partial charge in [-0.25, -0.2) is 0 Å². The lowest BCUT2D eigenvalue weighted by molar-refractivity contribution is 0.410. The quantitative estimate of drug-likeness (QED) is 0.810. The molecule has 0 aromatic heterocycles. The average Bonchev–Trinajstić information content (AvgIpc) is 2.31. The van der Waals surface area contributed by atoms with Crippen LogP contribution in [0.3, 0.4) is 0 Å². The standard InChI is InChI=1S/C14H22BrNO/c1-10(2)12-8-11(6-4-5-7-16)14(15)13(9-12)17-3/h8-10H,4-7,16H2,1-3H3. The van der Waals surface area contributed by atoms with Crippen LogP contribution in [0.4, 0.5) is 0 Å². The second-order valence-corrected chi connectivity index (χ2v) is 5.39. The summed E-state index contributed by atoms with van der Waals surface area (Å²) in [4.78, 5) is 0. The summed E-state index contributed by atoms with van der Waals surface area (Å²) in [7, 11) is 1.72. The van der Waals surface area contributed by atoms with Crippen LogP contribution in [0.1, 0.15) is 43.7 Å². The number of methoxy groups -OCH3 is 1. The minimum Gasteiger partial charge on any atom is -0.496 e. The van der Waals surface area contributed by atoms with Crippen LogP contribution in [0.25, 0.3) is 0 Å². The molecular formula is C14H22BrNO. The van der Waals surface area contributed by atoms with Crippen molar-refractivity contribution in [2.75, 3.05) is 13.7 Å². The third kappa shape index (κ3) is 4.00. The van der Waals surface area contributed by atoms with Gasteiger partial charge < -0.3 is 10.5 Å². The molecule has 2 nitrogen and oxygen atoms in total. The minimum atomic E-state index is 0.519. The van der Waals surface area contributed by atoms with E-state index in [1.54, 1.807) is 7.11 Å². The summed E-state index contributed by atoms with van der Waals surface area (Å²) in [5.74, 6) is 1.45. The summed E-state index contributed by atoms with van der Waals surface area (Å²) in [6, 6.07) is 4.38. The molecule has 0 amide bonds. The molecule has 0 bridgehead atoms. The van der Waals surface area contributed by atoms with Crippen molar-refractivity contribution in [3.63, 3.8) is 0 Å². The Morgan fingerprint density at radius 1 is 1.29 bits per heavy atom. The van der Waals surface area contributed by atoms with Crippen LogP contribution in [0.5, 0.6) is 5.75 Å². The molecule has 0 aliphatic carbocycles. The third-order valence-electron chi connectivity index (χ3n) is 2.92. The molecule has 1 aromatic rings. The first kappa shape index (κ1) is 14.5. The highest BCUT2D eigenvalue weighted by Gasteiger charge is 2.10.